The van der Waals surface area contributed by atoms with Gasteiger partial charge in [-0.3, -0.25) is 9.48 Å². The van der Waals surface area contributed by atoms with Crippen molar-refractivity contribution in [2.24, 2.45) is 7.05 Å². The highest BCUT2D eigenvalue weighted by molar-refractivity contribution is 7.98. The summed E-state index contributed by atoms with van der Waals surface area (Å²) in [6, 6.07) is 9.35. The SMILES string of the molecule is CSc1ccccc1C(=O)c1ccnn1C. The van der Waals surface area contributed by atoms with E-state index < -0.39 is 0 Å². The summed E-state index contributed by atoms with van der Waals surface area (Å²) in [5.41, 5.74) is 1.35. The molecule has 16 heavy (non-hydrogen) atoms. The van der Waals surface area contributed by atoms with E-state index in [1.54, 1.807) is 35.8 Å². The number of benzene rings is 1. The summed E-state index contributed by atoms with van der Waals surface area (Å²) >= 11 is 1.58. The summed E-state index contributed by atoms with van der Waals surface area (Å²) in [5.74, 6) is 0.0185. The third-order valence-electron chi connectivity index (χ3n) is 2.41. The van der Waals surface area contributed by atoms with E-state index >= 15 is 0 Å². The monoisotopic (exact) mass is 232 g/mol. The fourth-order valence-electron chi connectivity index (χ4n) is 1.57. The van der Waals surface area contributed by atoms with Crippen LogP contribution in [0.25, 0.3) is 0 Å². The first-order chi connectivity index (χ1) is 7.74. The minimum Gasteiger partial charge on any atom is -0.287 e. The lowest BCUT2D eigenvalue weighted by molar-refractivity contribution is 0.102. The van der Waals surface area contributed by atoms with Crippen LogP contribution in [0, 0.1) is 0 Å². The Hall–Kier alpha value is -1.55. The zero-order chi connectivity index (χ0) is 11.5. The smallest absolute Gasteiger partial charge is 0.212 e. The molecular formula is C12H12N2OS. The number of carbonyl (C=O) groups excluding carboxylic acids is 1. The van der Waals surface area contributed by atoms with E-state index in [1.165, 1.54) is 0 Å². The number of rotatable bonds is 3. The van der Waals surface area contributed by atoms with Crippen LogP contribution in [-0.2, 0) is 7.05 Å². The van der Waals surface area contributed by atoms with E-state index in [0.29, 0.717) is 5.69 Å². The molecule has 0 fully saturated rings. The summed E-state index contributed by atoms with van der Waals surface area (Å²) in [6.07, 6.45) is 3.60. The molecule has 0 aliphatic carbocycles. The number of thioether (sulfide) groups is 1. The molecule has 0 aliphatic heterocycles. The Balaban J connectivity index is 2.46. The zero-order valence-electron chi connectivity index (χ0n) is 9.18. The molecule has 1 aromatic carbocycles. The summed E-state index contributed by atoms with van der Waals surface area (Å²) in [4.78, 5) is 13.2. The average Bonchev–Trinajstić information content (AvgIpc) is 2.74. The van der Waals surface area contributed by atoms with Gasteiger partial charge < -0.3 is 0 Å². The van der Waals surface area contributed by atoms with Crippen molar-refractivity contribution in [3.05, 3.63) is 47.8 Å². The van der Waals surface area contributed by atoms with Gasteiger partial charge in [-0.2, -0.15) is 5.10 Å². The van der Waals surface area contributed by atoms with Crippen LogP contribution >= 0.6 is 11.8 Å². The van der Waals surface area contributed by atoms with Crippen LogP contribution in [0.1, 0.15) is 16.1 Å². The number of aryl methyl sites for hydroxylation is 1. The van der Waals surface area contributed by atoms with Crippen molar-refractivity contribution < 1.29 is 4.79 Å². The van der Waals surface area contributed by atoms with E-state index in [-0.39, 0.29) is 5.78 Å². The molecule has 0 N–H and O–H groups in total. The molecule has 2 aromatic rings. The van der Waals surface area contributed by atoms with Crippen molar-refractivity contribution in [2.75, 3.05) is 6.26 Å². The molecule has 1 heterocycles. The maximum absolute atomic E-state index is 12.2. The lowest BCUT2D eigenvalue weighted by Crippen LogP contribution is -2.09. The Morgan fingerprint density at radius 3 is 2.69 bits per heavy atom. The van der Waals surface area contributed by atoms with Crippen LogP contribution in [0.15, 0.2) is 41.4 Å². The Morgan fingerprint density at radius 1 is 1.31 bits per heavy atom. The van der Waals surface area contributed by atoms with Gasteiger partial charge in [0, 0.05) is 23.7 Å². The number of hydrogen-bond donors (Lipinski definition) is 0. The van der Waals surface area contributed by atoms with E-state index in [9.17, 15) is 4.79 Å². The third kappa shape index (κ3) is 1.88. The van der Waals surface area contributed by atoms with Gasteiger partial charge in [0.2, 0.25) is 5.78 Å². The molecule has 4 heteroatoms. The van der Waals surface area contributed by atoms with Crippen molar-refractivity contribution >= 4 is 17.5 Å². The first-order valence-electron chi connectivity index (χ1n) is 4.89. The molecule has 2 rings (SSSR count). The number of ketones is 1. The van der Waals surface area contributed by atoms with Gasteiger partial charge in [-0.15, -0.1) is 11.8 Å². The highest BCUT2D eigenvalue weighted by atomic mass is 32.2. The quantitative estimate of drug-likeness (QED) is 0.602. The lowest BCUT2D eigenvalue weighted by Gasteiger charge is -2.05. The number of carbonyl (C=O) groups is 1. The zero-order valence-corrected chi connectivity index (χ0v) is 9.99. The van der Waals surface area contributed by atoms with Crippen LogP contribution in [0.2, 0.25) is 0 Å². The summed E-state index contributed by atoms with van der Waals surface area (Å²) in [7, 11) is 1.77. The summed E-state index contributed by atoms with van der Waals surface area (Å²) in [6.45, 7) is 0. The molecule has 0 atom stereocenters. The van der Waals surface area contributed by atoms with Gasteiger partial charge in [-0.25, -0.2) is 0 Å². The molecule has 3 nitrogen and oxygen atoms in total. The van der Waals surface area contributed by atoms with Crippen molar-refractivity contribution in [2.45, 2.75) is 4.90 Å². The van der Waals surface area contributed by atoms with Crippen LogP contribution < -0.4 is 0 Å². The standard InChI is InChI=1S/C12H12N2OS/c1-14-10(7-8-13-14)12(15)9-5-3-4-6-11(9)16-2/h3-8H,1-2H3. The van der Waals surface area contributed by atoms with Gasteiger partial charge in [0.1, 0.15) is 5.69 Å². The molecule has 82 valence electrons. The van der Waals surface area contributed by atoms with E-state index in [1.807, 2.05) is 30.5 Å². The Labute approximate surface area is 98.5 Å². The molecule has 0 unspecified atom stereocenters. The van der Waals surface area contributed by atoms with Gasteiger partial charge >= 0.3 is 0 Å². The number of aromatic nitrogens is 2. The van der Waals surface area contributed by atoms with Crippen LogP contribution in [-0.4, -0.2) is 21.8 Å². The maximum Gasteiger partial charge on any atom is 0.212 e. The topological polar surface area (TPSA) is 34.9 Å². The highest BCUT2D eigenvalue weighted by Gasteiger charge is 2.15. The van der Waals surface area contributed by atoms with Crippen molar-refractivity contribution in [3.8, 4) is 0 Å². The van der Waals surface area contributed by atoms with E-state index in [4.69, 9.17) is 0 Å². The largest absolute Gasteiger partial charge is 0.287 e. The summed E-state index contributed by atoms with van der Waals surface area (Å²) in [5, 5.41) is 4.01. The van der Waals surface area contributed by atoms with Crippen molar-refractivity contribution in [1.82, 2.24) is 9.78 Å². The molecule has 0 saturated carbocycles. The van der Waals surface area contributed by atoms with Gasteiger partial charge in [0.05, 0.1) is 0 Å². The lowest BCUT2D eigenvalue weighted by atomic mass is 10.1. The normalized spacial score (nSPS) is 10.4. The Morgan fingerprint density at radius 2 is 2.06 bits per heavy atom. The average molecular weight is 232 g/mol. The number of hydrogen-bond acceptors (Lipinski definition) is 3. The van der Waals surface area contributed by atoms with Gasteiger partial charge in [-0.05, 0) is 24.5 Å². The van der Waals surface area contributed by atoms with Crippen molar-refractivity contribution in [1.29, 1.82) is 0 Å². The third-order valence-corrected chi connectivity index (χ3v) is 3.20. The highest BCUT2D eigenvalue weighted by Crippen LogP contribution is 2.22. The maximum atomic E-state index is 12.2. The predicted molar refractivity (Wildman–Crippen MR) is 64.9 cm³/mol. The molecule has 0 radical (unpaired) electrons. The molecule has 0 aliphatic rings. The van der Waals surface area contributed by atoms with Gasteiger partial charge in [0.25, 0.3) is 0 Å². The number of nitrogens with zero attached hydrogens (tertiary/aromatic N) is 2. The second kappa shape index (κ2) is 4.53. The first-order valence-corrected chi connectivity index (χ1v) is 6.12. The second-order valence-corrected chi connectivity index (χ2v) is 4.22. The predicted octanol–water partition coefficient (Wildman–Crippen LogP) is 2.37. The van der Waals surface area contributed by atoms with Gasteiger partial charge in [-0.1, -0.05) is 12.1 Å². The summed E-state index contributed by atoms with van der Waals surface area (Å²) < 4.78 is 1.60. The van der Waals surface area contributed by atoms with Crippen molar-refractivity contribution in [3.63, 3.8) is 0 Å². The van der Waals surface area contributed by atoms with E-state index in [0.717, 1.165) is 10.5 Å². The van der Waals surface area contributed by atoms with Crippen LogP contribution in [0.4, 0.5) is 0 Å². The first kappa shape index (κ1) is 11.0. The van der Waals surface area contributed by atoms with Crippen LogP contribution in [0.3, 0.4) is 0 Å². The molecular weight excluding hydrogens is 220 g/mol. The fraction of sp³-hybridized carbons (Fsp3) is 0.167. The Kier molecular flexibility index (Phi) is 3.10. The van der Waals surface area contributed by atoms with Crippen LogP contribution in [0.5, 0.6) is 0 Å². The second-order valence-electron chi connectivity index (χ2n) is 3.37. The Bertz CT molecular complexity index is 519. The molecule has 0 spiro atoms. The van der Waals surface area contributed by atoms with Gasteiger partial charge in [0.15, 0.2) is 0 Å². The minimum absolute atomic E-state index is 0.0185. The molecule has 1 aromatic heterocycles. The fourth-order valence-corrected chi connectivity index (χ4v) is 2.16. The van der Waals surface area contributed by atoms with E-state index in [2.05, 4.69) is 5.10 Å². The molecule has 0 saturated heterocycles. The minimum atomic E-state index is 0.0185. The molecule has 0 amide bonds. The molecule has 0 bridgehead atoms.